The third-order valence-corrected chi connectivity index (χ3v) is 6.31. The van der Waals surface area contributed by atoms with E-state index in [9.17, 15) is 13.2 Å². The van der Waals surface area contributed by atoms with Gasteiger partial charge >= 0.3 is 0 Å². The number of rotatable bonds is 8. The van der Waals surface area contributed by atoms with Crippen molar-refractivity contribution >= 4 is 38.6 Å². The molecule has 1 amide bonds. The highest BCUT2D eigenvalue weighted by molar-refractivity contribution is 7.89. The third-order valence-electron chi connectivity index (χ3n) is 3.59. The molecule has 0 aliphatic heterocycles. The highest BCUT2D eigenvalue weighted by Crippen LogP contribution is 2.23. The summed E-state index contributed by atoms with van der Waals surface area (Å²) in [4.78, 5) is 17.7. The maximum absolute atomic E-state index is 12.3. The molecule has 27 heavy (non-hydrogen) atoms. The van der Waals surface area contributed by atoms with Crippen molar-refractivity contribution in [3.05, 3.63) is 63.2 Å². The number of aromatic nitrogens is 1. The van der Waals surface area contributed by atoms with E-state index in [2.05, 4.69) is 10.3 Å². The Morgan fingerprint density at radius 2 is 1.96 bits per heavy atom. The van der Waals surface area contributed by atoms with Crippen molar-refractivity contribution in [2.45, 2.75) is 17.4 Å². The van der Waals surface area contributed by atoms with E-state index < -0.39 is 10.0 Å². The lowest BCUT2D eigenvalue weighted by Crippen LogP contribution is -2.33. The maximum atomic E-state index is 12.3. The summed E-state index contributed by atoms with van der Waals surface area (Å²) >= 11 is 3.11. The number of nitrogens with zero attached hydrogens (tertiary/aromatic N) is 1. The first-order chi connectivity index (χ1) is 12.9. The number of ether oxygens (including phenoxy) is 1. The number of benzene rings is 1. The molecule has 7 nitrogen and oxygen atoms in total. The molecule has 0 bridgehead atoms. The molecular weight excluding hydrogens is 406 g/mol. The van der Waals surface area contributed by atoms with Gasteiger partial charge in [0.2, 0.25) is 10.0 Å². The van der Waals surface area contributed by atoms with E-state index in [1.165, 1.54) is 35.6 Å². The van der Waals surface area contributed by atoms with Gasteiger partial charge in [-0.05, 0) is 35.7 Å². The highest BCUT2D eigenvalue weighted by Gasteiger charge is 2.18. The summed E-state index contributed by atoms with van der Waals surface area (Å²) in [6, 6.07) is 9.32. The van der Waals surface area contributed by atoms with Crippen LogP contribution in [0.1, 0.15) is 15.9 Å². The number of carbonyl (C=O) groups is 1. The Kier molecular flexibility index (Phi) is 6.22. The monoisotopic (exact) mass is 423 g/mol. The zero-order valence-electron chi connectivity index (χ0n) is 14.1. The van der Waals surface area contributed by atoms with Crippen molar-refractivity contribution in [3.63, 3.8) is 0 Å². The first-order valence-electron chi connectivity index (χ1n) is 7.88. The predicted molar refractivity (Wildman–Crippen MR) is 104 cm³/mol. The first kappa shape index (κ1) is 19.5. The number of thiophene rings is 1. The quantitative estimate of drug-likeness (QED) is 0.578. The topological polar surface area (TPSA) is 111 Å². The molecule has 3 rings (SSSR count). The molecule has 2 aromatic heterocycles. The van der Waals surface area contributed by atoms with Gasteiger partial charge < -0.3 is 10.1 Å². The third kappa shape index (κ3) is 5.60. The molecule has 0 radical (unpaired) electrons. The molecule has 10 heteroatoms. The highest BCUT2D eigenvalue weighted by atomic mass is 32.2. The molecule has 0 fully saturated rings. The summed E-state index contributed by atoms with van der Waals surface area (Å²) < 4.78 is 27.9. The van der Waals surface area contributed by atoms with Crippen LogP contribution in [0.25, 0.3) is 0 Å². The second kappa shape index (κ2) is 8.61. The summed E-state index contributed by atoms with van der Waals surface area (Å²) in [5.74, 6) is 0.0869. The van der Waals surface area contributed by atoms with Crippen molar-refractivity contribution in [1.29, 1.82) is 0 Å². The average Bonchev–Trinajstić information content (AvgIpc) is 3.33. The van der Waals surface area contributed by atoms with E-state index in [-0.39, 0.29) is 23.5 Å². The molecule has 0 aliphatic carbocycles. The molecule has 1 aromatic carbocycles. The lowest BCUT2D eigenvalue weighted by Gasteiger charge is -2.16. The van der Waals surface area contributed by atoms with Gasteiger partial charge in [0.25, 0.3) is 5.91 Å². The number of nitrogens with one attached hydrogen (secondary N) is 1. The second-order valence-corrected chi connectivity index (χ2v) is 9.10. The molecule has 3 N–H and O–H groups in total. The Morgan fingerprint density at radius 1 is 1.19 bits per heavy atom. The number of hydrogen-bond donors (Lipinski definition) is 2. The van der Waals surface area contributed by atoms with E-state index >= 15 is 0 Å². The Bertz CT molecular complexity index is 969. The van der Waals surface area contributed by atoms with Gasteiger partial charge in [-0.2, -0.15) is 0 Å². The Hall–Kier alpha value is -2.27. The molecule has 0 saturated carbocycles. The average molecular weight is 424 g/mol. The Morgan fingerprint density at radius 3 is 2.56 bits per heavy atom. The van der Waals surface area contributed by atoms with Crippen LogP contribution in [0.15, 0.2) is 58.3 Å². The van der Waals surface area contributed by atoms with Crippen molar-refractivity contribution in [1.82, 2.24) is 10.3 Å². The predicted octanol–water partition coefficient (Wildman–Crippen LogP) is 2.33. The fourth-order valence-electron chi connectivity index (χ4n) is 2.35. The van der Waals surface area contributed by atoms with Gasteiger partial charge in [0.1, 0.15) is 10.8 Å². The van der Waals surface area contributed by atoms with E-state index in [1.807, 2.05) is 22.9 Å². The van der Waals surface area contributed by atoms with Crippen molar-refractivity contribution in [2.24, 2.45) is 5.14 Å². The molecule has 0 spiro atoms. The van der Waals surface area contributed by atoms with E-state index in [1.54, 1.807) is 17.5 Å². The number of nitrogens with two attached hydrogens (primary N) is 1. The molecule has 3 aromatic rings. The van der Waals surface area contributed by atoms with Crippen LogP contribution < -0.4 is 15.2 Å². The van der Waals surface area contributed by atoms with Crippen LogP contribution in [0.2, 0.25) is 0 Å². The zero-order valence-corrected chi connectivity index (χ0v) is 16.5. The molecular formula is C17H17N3O4S3. The van der Waals surface area contributed by atoms with Crippen molar-refractivity contribution < 1.29 is 17.9 Å². The summed E-state index contributed by atoms with van der Waals surface area (Å²) in [5, 5.41) is 12.7. The van der Waals surface area contributed by atoms with Gasteiger partial charge in [-0.3, -0.25) is 4.79 Å². The maximum Gasteiger partial charge on any atom is 0.258 e. The first-order valence-corrected chi connectivity index (χ1v) is 11.2. The van der Waals surface area contributed by atoms with E-state index in [0.29, 0.717) is 12.2 Å². The number of carbonyl (C=O) groups excluding carboxylic acids is 1. The fourth-order valence-corrected chi connectivity index (χ4v) is 4.30. The summed E-state index contributed by atoms with van der Waals surface area (Å²) in [7, 11) is -3.76. The number of amides is 1. The van der Waals surface area contributed by atoms with Crippen LogP contribution in [-0.2, 0) is 21.2 Å². The van der Waals surface area contributed by atoms with Crippen LogP contribution >= 0.6 is 22.7 Å². The Balaban J connectivity index is 1.59. The number of sulfonamides is 1. The molecule has 0 saturated heterocycles. The lowest BCUT2D eigenvalue weighted by atomic mass is 10.2. The van der Waals surface area contributed by atoms with E-state index in [4.69, 9.17) is 9.88 Å². The summed E-state index contributed by atoms with van der Waals surface area (Å²) in [6.45, 7) is -0.193. The van der Waals surface area contributed by atoms with Crippen LogP contribution in [-0.4, -0.2) is 25.9 Å². The largest absolute Gasteiger partial charge is 0.484 e. The minimum Gasteiger partial charge on any atom is -0.484 e. The van der Waals surface area contributed by atoms with Gasteiger partial charge in [-0.1, -0.05) is 6.07 Å². The van der Waals surface area contributed by atoms with Gasteiger partial charge in [0, 0.05) is 22.9 Å². The van der Waals surface area contributed by atoms with Gasteiger partial charge in [-0.25, -0.2) is 18.5 Å². The van der Waals surface area contributed by atoms with Gasteiger partial charge in [-0.15, -0.1) is 22.7 Å². The number of primary sulfonamides is 1. The molecule has 0 aliphatic rings. The van der Waals surface area contributed by atoms with E-state index in [0.717, 1.165) is 9.88 Å². The Labute approximate surface area is 164 Å². The van der Waals surface area contributed by atoms with Crippen molar-refractivity contribution in [2.75, 3.05) is 6.61 Å². The number of hydrogen-bond acceptors (Lipinski definition) is 7. The molecule has 142 valence electrons. The number of thiazole rings is 1. The minimum atomic E-state index is -3.76. The van der Waals surface area contributed by atoms with Gasteiger partial charge in [0.15, 0.2) is 6.61 Å². The molecule has 0 unspecified atom stereocenters. The lowest BCUT2D eigenvalue weighted by molar-refractivity contribution is -0.123. The van der Waals surface area contributed by atoms with Crippen LogP contribution in [0, 0.1) is 0 Å². The normalized spacial score (nSPS) is 12.5. The minimum absolute atomic E-state index is 0.0147. The summed E-state index contributed by atoms with van der Waals surface area (Å²) in [5.41, 5.74) is 0. The van der Waals surface area contributed by atoms with Crippen LogP contribution in [0.5, 0.6) is 5.75 Å². The summed E-state index contributed by atoms with van der Waals surface area (Å²) in [6.07, 6.45) is 2.36. The van der Waals surface area contributed by atoms with Gasteiger partial charge in [0.05, 0.1) is 10.9 Å². The smallest absolute Gasteiger partial charge is 0.258 e. The molecule has 1 atom stereocenters. The standard InChI is InChI=1S/C17H17N3O4S3/c18-27(22,23)14-5-3-12(4-6-14)24-11-16(21)20-15(17-19-7-9-26-17)10-13-2-1-8-25-13/h1-9,15H,10-11H2,(H,20,21)(H2,18,22,23)/t15-/m1/s1. The fraction of sp³-hybridized carbons (Fsp3) is 0.176. The second-order valence-electron chi connectivity index (χ2n) is 5.58. The van der Waals surface area contributed by atoms with Crippen LogP contribution in [0.4, 0.5) is 0 Å². The zero-order chi connectivity index (χ0) is 19.3. The molecule has 2 heterocycles. The van der Waals surface area contributed by atoms with Crippen LogP contribution in [0.3, 0.4) is 0 Å². The van der Waals surface area contributed by atoms with Crippen molar-refractivity contribution in [3.8, 4) is 5.75 Å². The SMILES string of the molecule is NS(=O)(=O)c1ccc(OCC(=O)N[C@H](Cc2cccs2)c2nccs2)cc1.